The molecule has 0 radical (unpaired) electrons. The monoisotopic (exact) mass is 182 g/mol. The standard InChI is InChI=1S/C11H22N2/c1-11(2,12)9-5-7-13(8-6-9)10-3-4-10/h9-10H,3-8,12H2,1-2H3. The van der Waals surface area contributed by atoms with Crippen LogP contribution in [0.15, 0.2) is 0 Å². The van der Waals surface area contributed by atoms with Gasteiger partial charge in [-0.15, -0.1) is 0 Å². The predicted molar refractivity (Wildman–Crippen MR) is 55.6 cm³/mol. The normalized spacial score (nSPS) is 27.9. The summed E-state index contributed by atoms with van der Waals surface area (Å²) in [5.74, 6) is 0.738. The third-order valence-corrected chi connectivity index (χ3v) is 3.65. The molecule has 13 heavy (non-hydrogen) atoms. The number of rotatable bonds is 2. The van der Waals surface area contributed by atoms with Crippen LogP contribution in [0.3, 0.4) is 0 Å². The highest BCUT2D eigenvalue weighted by Gasteiger charge is 2.35. The highest BCUT2D eigenvalue weighted by molar-refractivity contribution is 4.91. The first-order chi connectivity index (χ1) is 6.07. The van der Waals surface area contributed by atoms with E-state index < -0.39 is 0 Å². The Morgan fingerprint density at radius 2 is 1.62 bits per heavy atom. The lowest BCUT2D eigenvalue weighted by Gasteiger charge is -2.38. The van der Waals surface area contributed by atoms with Crippen LogP contribution < -0.4 is 5.73 Å². The van der Waals surface area contributed by atoms with Gasteiger partial charge in [-0.25, -0.2) is 0 Å². The van der Waals surface area contributed by atoms with Gasteiger partial charge in [0.25, 0.3) is 0 Å². The molecule has 1 aliphatic carbocycles. The highest BCUT2D eigenvalue weighted by atomic mass is 15.2. The first-order valence-corrected chi connectivity index (χ1v) is 5.60. The maximum atomic E-state index is 6.13. The lowest BCUT2D eigenvalue weighted by Crippen LogP contribution is -2.47. The average molecular weight is 182 g/mol. The molecule has 2 rings (SSSR count). The van der Waals surface area contributed by atoms with Gasteiger partial charge in [-0.1, -0.05) is 0 Å². The summed E-state index contributed by atoms with van der Waals surface area (Å²) in [6, 6.07) is 0.946. The van der Waals surface area contributed by atoms with Gasteiger partial charge in [-0.2, -0.15) is 0 Å². The van der Waals surface area contributed by atoms with Crippen LogP contribution in [0.25, 0.3) is 0 Å². The minimum atomic E-state index is 0.0373. The van der Waals surface area contributed by atoms with Gasteiger partial charge in [-0.05, 0) is 58.5 Å². The van der Waals surface area contributed by atoms with Crippen molar-refractivity contribution >= 4 is 0 Å². The number of nitrogens with zero attached hydrogens (tertiary/aromatic N) is 1. The quantitative estimate of drug-likeness (QED) is 0.703. The lowest BCUT2D eigenvalue weighted by molar-refractivity contribution is 0.137. The van der Waals surface area contributed by atoms with Crippen LogP contribution in [0.2, 0.25) is 0 Å². The van der Waals surface area contributed by atoms with Crippen molar-refractivity contribution in [2.45, 2.75) is 51.1 Å². The summed E-state index contributed by atoms with van der Waals surface area (Å²) < 4.78 is 0. The second kappa shape index (κ2) is 3.25. The molecule has 2 aliphatic rings. The molecule has 1 saturated carbocycles. The van der Waals surface area contributed by atoms with Crippen molar-refractivity contribution in [3.8, 4) is 0 Å². The Morgan fingerprint density at radius 3 is 2.00 bits per heavy atom. The Balaban J connectivity index is 1.81. The van der Waals surface area contributed by atoms with Crippen LogP contribution in [0.4, 0.5) is 0 Å². The first kappa shape index (κ1) is 9.47. The molecular weight excluding hydrogens is 160 g/mol. The largest absolute Gasteiger partial charge is 0.325 e. The second-order valence-electron chi connectivity index (χ2n) is 5.36. The van der Waals surface area contributed by atoms with Crippen LogP contribution in [0, 0.1) is 5.92 Å². The summed E-state index contributed by atoms with van der Waals surface area (Å²) in [6.07, 6.45) is 5.49. The summed E-state index contributed by atoms with van der Waals surface area (Å²) in [4.78, 5) is 2.66. The summed E-state index contributed by atoms with van der Waals surface area (Å²) in [5.41, 5.74) is 6.17. The minimum Gasteiger partial charge on any atom is -0.325 e. The fourth-order valence-electron chi connectivity index (χ4n) is 2.45. The molecule has 0 spiro atoms. The van der Waals surface area contributed by atoms with E-state index in [4.69, 9.17) is 5.73 Å². The Labute approximate surface area is 81.5 Å². The SMILES string of the molecule is CC(C)(N)C1CCN(C2CC2)CC1. The van der Waals surface area contributed by atoms with Crippen LogP contribution >= 0.6 is 0 Å². The van der Waals surface area contributed by atoms with E-state index in [0.717, 1.165) is 12.0 Å². The van der Waals surface area contributed by atoms with Gasteiger partial charge >= 0.3 is 0 Å². The summed E-state index contributed by atoms with van der Waals surface area (Å²) in [7, 11) is 0. The van der Waals surface area contributed by atoms with Crippen molar-refractivity contribution in [3.63, 3.8) is 0 Å². The molecule has 2 fully saturated rings. The molecule has 0 aromatic carbocycles. The third-order valence-electron chi connectivity index (χ3n) is 3.65. The predicted octanol–water partition coefficient (Wildman–Crippen LogP) is 1.60. The second-order valence-corrected chi connectivity index (χ2v) is 5.36. The number of hydrogen-bond acceptors (Lipinski definition) is 2. The van der Waals surface area contributed by atoms with E-state index in [0.29, 0.717) is 0 Å². The van der Waals surface area contributed by atoms with Crippen molar-refractivity contribution in [2.75, 3.05) is 13.1 Å². The molecule has 1 heterocycles. The Kier molecular flexibility index (Phi) is 2.37. The summed E-state index contributed by atoms with van der Waals surface area (Å²) in [6.45, 7) is 6.92. The molecule has 2 N–H and O–H groups in total. The third kappa shape index (κ3) is 2.23. The van der Waals surface area contributed by atoms with Crippen molar-refractivity contribution in [1.29, 1.82) is 0 Å². The first-order valence-electron chi connectivity index (χ1n) is 5.60. The smallest absolute Gasteiger partial charge is 0.0126 e. The van der Waals surface area contributed by atoms with E-state index in [1.54, 1.807) is 0 Å². The molecular formula is C11H22N2. The number of hydrogen-bond donors (Lipinski definition) is 1. The zero-order valence-electron chi connectivity index (χ0n) is 8.92. The van der Waals surface area contributed by atoms with Gasteiger partial charge in [0.1, 0.15) is 0 Å². The van der Waals surface area contributed by atoms with E-state index in [2.05, 4.69) is 18.7 Å². The molecule has 0 unspecified atom stereocenters. The van der Waals surface area contributed by atoms with Crippen LogP contribution in [-0.4, -0.2) is 29.6 Å². The van der Waals surface area contributed by atoms with Crippen molar-refractivity contribution in [1.82, 2.24) is 4.90 Å². The van der Waals surface area contributed by atoms with Crippen molar-refractivity contribution in [3.05, 3.63) is 0 Å². The molecule has 1 saturated heterocycles. The highest BCUT2D eigenvalue weighted by Crippen LogP contribution is 2.33. The molecule has 0 amide bonds. The van der Waals surface area contributed by atoms with E-state index in [9.17, 15) is 0 Å². The van der Waals surface area contributed by atoms with Gasteiger partial charge in [0.15, 0.2) is 0 Å². The van der Waals surface area contributed by atoms with Gasteiger partial charge in [0.2, 0.25) is 0 Å². The maximum absolute atomic E-state index is 6.13. The fourth-order valence-corrected chi connectivity index (χ4v) is 2.45. The molecule has 2 nitrogen and oxygen atoms in total. The van der Waals surface area contributed by atoms with E-state index in [1.807, 2.05) is 0 Å². The van der Waals surface area contributed by atoms with E-state index in [1.165, 1.54) is 38.8 Å². The van der Waals surface area contributed by atoms with Gasteiger partial charge in [0.05, 0.1) is 0 Å². The number of nitrogens with two attached hydrogens (primary N) is 1. The summed E-state index contributed by atoms with van der Waals surface area (Å²) in [5, 5.41) is 0. The Morgan fingerprint density at radius 1 is 1.08 bits per heavy atom. The average Bonchev–Trinajstić information content (AvgIpc) is 2.85. The van der Waals surface area contributed by atoms with Crippen molar-refractivity contribution in [2.24, 2.45) is 11.7 Å². The molecule has 2 heteroatoms. The minimum absolute atomic E-state index is 0.0373. The zero-order chi connectivity index (χ0) is 9.47. The number of piperidine rings is 1. The molecule has 0 aromatic rings. The number of likely N-dealkylation sites (tertiary alicyclic amines) is 1. The fraction of sp³-hybridized carbons (Fsp3) is 1.00. The maximum Gasteiger partial charge on any atom is 0.0126 e. The topological polar surface area (TPSA) is 29.3 Å². The van der Waals surface area contributed by atoms with Crippen LogP contribution in [-0.2, 0) is 0 Å². The molecule has 0 bridgehead atoms. The Bertz CT molecular complexity index is 171. The molecule has 1 aliphatic heterocycles. The molecule has 0 atom stereocenters. The lowest BCUT2D eigenvalue weighted by atomic mass is 9.81. The van der Waals surface area contributed by atoms with Crippen molar-refractivity contribution < 1.29 is 0 Å². The van der Waals surface area contributed by atoms with E-state index >= 15 is 0 Å². The molecule has 0 aromatic heterocycles. The Hall–Kier alpha value is -0.0800. The van der Waals surface area contributed by atoms with Gasteiger partial charge in [0, 0.05) is 11.6 Å². The summed E-state index contributed by atoms with van der Waals surface area (Å²) >= 11 is 0. The van der Waals surface area contributed by atoms with Gasteiger partial charge < -0.3 is 10.6 Å². The van der Waals surface area contributed by atoms with Crippen LogP contribution in [0.5, 0.6) is 0 Å². The zero-order valence-corrected chi connectivity index (χ0v) is 8.92. The van der Waals surface area contributed by atoms with E-state index in [-0.39, 0.29) is 5.54 Å². The van der Waals surface area contributed by atoms with Gasteiger partial charge in [-0.3, -0.25) is 0 Å². The molecule has 76 valence electrons. The van der Waals surface area contributed by atoms with Crippen LogP contribution in [0.1, 0.15) is 39.5 Å².